The fourth-order valence-electron chi connectivity index (χ4n) is 4.65. The number of hydrogen-bond acceptors (Lipinski definition) is 3. The maximum Gasteiger partial charge on any atom is 0.253 e. The Morgan fingerprint density at radius 2 is 1.83 bits per heavy atom. The summed E-state index contributed by atoms with van der Waals surface area (Å²) in [6.07, 6.45) is 6.52. The monoisotopic (exact) mass is 412 g/mol. The van der Waals surface area contributed by atoms with E-state index in [-0.39, 0.29) is 11.3 Å². The number of carbonyl (C=O) groups excluding carboxylic acids is 1. The summed E-state index contributed by atoms with van der Waals surface area (Å²) < 4.78 is 2.42. The van der Waals surface area contributed by atoms with E-state index < -0.39 is 0 Å². The number of imidazole rings is 1. The maximum atomic E-state index is 12.9. The lowest BCUT2D eigenvalue weighted by molar-refractivity contribution is 0.0773. The molecule has 0 saturated carbocycles. The van der Waals surface area contributed by atoms with Crippen LogP contribution in [0, 0.1) is 0 Å². The van der Waals surface area contributed by atoms with Crippen molar-refractivity contribution in [2.75, 3.05) is 26.7 Å². The minimum Gasteiger partial charge on any atom is -0.339 e. The summed E-state index contributed by atoms with van der Waals surface area (Å²) in [4.78, 5) is 22.3. The third kappa shape index (κ3) is 4.88. The molecule has 2 heterocycles. The molecule has 30 heavy (non-hydrogen) atoms. The van der Waals surface area contributed by atoms with Crippen LogP contribution in [0.5, 0.6) is 0 Å². The highest BCUT2D eigenvalue weighted by molar-refractivity contribution is 5.97. The number of carbonyl (C=O) groups is 1. The Kier molecular flexibility index (Phi) is 7.22. The van der Waals surface area contributed by atoms with Gasteiger partial charge in [0.1, 0.15) is 5.82 Å². The Hall–Kier alpha value is -1.88. The molecule has 5 nitrogen and oxygen atoms in total. The van der Waals surface area contributed by atoms with Crippen LogP contribution in [0.25, 0.3) is 11.0 Å². The van der Waals surface area contributed by atoms with E-state index in [4.69, 9.17) is 4.98 Å². The number of likely N-dealkylation sites (N-methyl/N-ethyl adjacent to an activating group) is 1. The first kappa shape index (κ1) is 22.8. The molecule has 0 radical (unpaired) electrons. The molecular weight excluding hydrogens is 372 g/mol. The van der Waals surface area contributed by atoms with Gasteiger partial charge in [0.2, 0.25) is 0 Å². The van der Waals surface area contributed by atoms with Crippen molar-refractivity contribution in [3.8, 4) is 0 Å². The molecule has 1 unspecified atom stereocenters. The quantitative estimate of drug-likeness (QED) is 0.688. The van der Waals surface area contributed by atoms with Gasteiger partial charge in [-0.25, -0.2) is 4.98 Å². The second-order valence-corrected chi connectivity index (χ2v) is 9.81. The molecule has 1 aromatic heterocycles. The van der Waals surface area contributed by atoms with Gasteiger partial charge in [0.15, 0.2) is 0 Å². The first-order valence-corrected chi connectivity index (χ1v) is 11.8. The van der Waals surface area contributed by atoms with Crippen LogP contribution in [-0.2, 0) is 12.0 Å². The summed E-state index contributed by atoms with van der Waals surface area (Å²) in [6, 6.07) is 6.61. The Morgan fingerprint density at radius 3 is 2.50 bits per heavy atom. The molecule has 166 valence electrons. The molecule has 0 bridgehead atoms. The van der Waals surface area contributed by atoms with Crippen molar-refractivity contribution in [1.29, 1.82) is 0 Å². The summed E-state index contributed by atoms with van der Waals surface area (Å²) in [5, 5.41) is 0. The minimum atomic E-state index is -0.0533. The van der Waals surface area contributed by atoms with Gasteiger partial charge in [-0.1, -0.05) is 40.0 Å². The summed E-state index contributed by atoms with van der Waals surface area (Å²) in [7, 11) is 2.27. The topological polar surface area (TPSA) is 41.4 Å². The molecule has 1 fully saturated rings. The van der Waals surface area contributed by atoms with Crippen LogP contribution in [0.4, 0.5) is 0 Å². The zero-order chi connectivity index (χ0) is 21.9. The summed E-state index contributed by atoms with van der Waals surface area (Å²) in [5.41, 5.74) is 2.76. The molecule has 0 spiro atoms. The van der Waals surface area contributed by atoms with Crippen molar-refractivity contribution in [1.82, 2.24) is 19.4 Å². The number of likely N-dealkylation sites (tertiary alicyclic amines) is 1. The Bertz CT molecular complexity index is 860. The number of hydrogen-bond donors (Lipinski definition) is 0. The molecule has 1 amide bonds. The smallest absolute Gasteiger partial charge is 0.253 e. The number of benzene rings is 1. The molecule has 1 aliphatic heterocycles. The molecule has 2 aromatic rings. The average Bonchev–Trinajstić information content (AvgIpc) is 3.06. The molecule has 0 N–H and O–H groups in total. The van der Waals surface area contributed by atoms with Crippen LogP contribution in [0.3, 0.4) is 0 Å². The van der Waals surface area contributed by atoms with E-state index >= 15 is 0 Å². The summed E-state index contributed by atoms with van der Waals surface area (Å²) >= 11 is 0. The van der Waals surface area contributed by atoms with Gasteiger partial charge in [-0.15, -0.1) is 0 Å². The van der Waals surface area contributed by atoms with Crippen molar-refractivity contribution < 1.29 is 4.79 Å². The van der Waals surface area contributed by atoms with E-state index in [1.165, 1.54) is 38.6 Å². The van der Waals surface area contributed by atoms with Crippen molar-refractivity contribution in [3.63, 3.8) is 0 Å². The van der Waals surface area contributed by atoms with Crippen molar-refractivity contribution >= 4 is 16.9 Å². The van der Waals surface area contributed by atoms with Crippen molar-refractivity contribution in [2.45, 2.75) is 84.7 Å². The van der Waals surface area contributed by atoms with Crippen LogP contribution in [0.2, 0.25) is 0 Å². The SMILES string of the molecule is CCN(CC)C(=O)c1ccc2c(c1)nc(C(C)(C)C)n2CC1CCCCCCN1C. The fraction of sp³-hybridized carbons (Fsp3) is 0.680. The molecule has 1 saturated heterocycles. The van der Waals surface area contributed by atoms with Gasteiger partial charge in [0, 0.05) is 36.7 Å². The van der Waals surface area contributed by atoms with Crippen LogP contribution in [0.15, 0.2) is 18.2 Å². The fourth-order valence-corrected chi connectivity index (χ4v) is 4.65. The molecule has 5 heteroatoms. The van der Waals surface area contributed by atoms with E-state index in [0.717, 1.165) is 42.1 Å². The standard InChI is InChI=1S/C25H40N4O/c1-7-28(8-2)23(30)19-14-15-22-21(17-19)26-24(25(3,4)5)29(22)18-20-13-11-9-10-12-16-27(20)6/h14-15,17,20H,7-13,16,18H2,1-6H3. The first-order chi connectivity index (χ1) is 14.3. The molecule has 1 aliphatic rings. The zero-order valence-corrected chi connectivity index (χ0v) is 19.9. The van der Waals surface area contributed by atoms with Crippen LogP contribution in [0.1, 0.15) is 82.9 Å². The highest BCUT2D eigenvalue weighted by Gasteiger charge is 2.26. The van der Waals surface area contributed by atoms with Crippen molar-refractivity contribution in [3.05, 3.63) is 29.6 Å². The Labute approximate surface area is 182 Å². The lowest BCUT2D eigenvalue weighted by Gasteiger charge is -2.32. The lowest BCUT2D eigenvalue weighted by atomic mass is 9.95. The largest absolute Gasteiger partial charge is 0.339 e. The second-order valence-electron chi connectivity index (χ2n) is 9.81. The Balaban J connectivity index is 2.00. The van der Waals surface area contributed by atoms with Crippen LogP contribution >= 0.6 is 0 Å². The molecule has 0 aliphatic carbocycles. The van der Waals surface area contributed by atoms with Crippen LogP contribution < -0.4 is 0 Å². The normalized spacial score (nSPS) is 18.9. The van der Waals surface area contributed by atoms with Gasteiger partial charge in [-0.05, 0) is 58.5 Å². The molecule has 1 atom stereocenters. The van der Waals surface area contributed by atoms with Gasteiger partial charge in [0.05, 0.1) is 11.0 Å². The summed E-state index contributed by atoms with van der Waals surface area (Å²) in [5.74, 6) is 1.20. The van der Waals surface area contributed by atoms with Gasteiger partial charge < -0.3 is 14.4 Å². The predicted octanol–water partition coefficient (Wildman–Crippen LogP) is 5.08. The lowest BCUT2D eigenvalue weighted by Crippen LogP contribution is -2.38. The molecule has 1 aromatic carbocycles. The van der Waals surface area contributed by atoms with Gasteiger partial charge in [-0.2, -0.15) is 0 Å². The van der Waals surface area contributed by atoms with Gasteiger partial charge in [-0.3, -0.25) is 4.79 Å². The minimum absolute atomic E-state index is 0.0533. The number of rotatable bonds is 5. The van der Waals surface area contributed by atoms with Crippen molar-refractivity contribution in [2.24, 2.45) is 0 Å². The van der Waals surface area contributed by atoms with Gasteiger partial charge >= 0.3 is 0 Å². The number of nitrogens with zero attached hydrogens (tertiary/aromatic N) is 4. The van der Waals surface area contributed by atoms with E-state index in [2.05, 4.69) is 43.4 Å². The average molecular weight is 413 g/mol. The van der Waals surface area contributed by atoms with E-state index in [1.807, 2.05) is 30.9 Å². The third-order valence-corrected chi connectivity index (χ3v) is 6.53. The summed E-state index contributed by atoms with van der Waals surface area (Å²) in [6.45, 7) is 14.3. The second kappa shape index (κ2) is 9.51. The van der Waals surface area contributed by atoms with E-state index in [0.29, 0.717) is 6.04 Å². The van der Waals surface area contributed by atoms with E-state index in [9.17, 15) is 4.79 Å². The van der Waals surface area contributed by atoms with E-state index in [1.54, 1.807) is 0 Å². The Morgan fingerprint density at radius 1 is 1.13 bits per heavy atom. The first-order valence-electron chi connectivity index (χ1n) is 11.8. The predicted molar refractivity (Wildman–Crippen MR) is 125 cm³/mol. The zero-order valence-electron chi connectivity index (χ0n) is 19.9. The maximum absolute atomic E-state index is 12.9. The molecular formula is C25H40N4O. The van der Waals surface area contributed by atoms with Crippen LogP contribution in [-0.4, -0.2) is 58.0 Å². The van der Waals surface area contributed by atoms with Gasteiger partial charge in [0.25, 0.3) is 5.91 Å². The number of fused-ring (bicyclic) bond motifs is 1. The number of aromatic nitrogens is 2. The molecule has 3 rings (SSSR count). The highest BCUT2D eigenvalue weighted by Crippen LogP contribution is 2.29. The third-order valence-electron chi connectivity index (χ3n) is 6.53. The number of amides is 1. The highest BCUT2D eigenvalue weighted by atomic mass is 16.2.